The largest absolute Gasteiger partial charge is 0.416 e. The Kier molecular flexibility index (Phi) is 7.86. The van der Waals surface area contributed by atoms with E-state index < -0.39 is 0 Å². The van der Waals surface area contributed by atoms with Crippen LogP contribution in [0, 0.1) is 0 Å². The van der Waals surface area contributed by atoms with E-state index in [4.69, 9.17) is 8.83 Å². The highest BCUT2D eigenvalue weighted by Gasteiger charge is 2.16. The van der Waals surface area contributed by atoms with Crippen LogP contribution < -0.4 is 0 Å². The Morgan fingerprint density at radius 3 is 1.15 bits per heavy atom. The molecule has 5 aromatic carbocycles. The molecular formula is C41H36N4O2. The molecular weight excluding hydrogens is 580 g/mol. The van der Waals surface area contributed by atoms with Crippen LogP contribution in [-0.2, 0) is 5.41 Å². The van der Waals surface area contributed by atoms with E-state index in [1.165, 1.54) is 11.1 Å². The third kappa shape index (κ3) is 6.40. The molecule has 47 heavy (non-hydrogen) atoms. The molecule has 0 radical (unpaired) electrons. The first-order chi connectivity index (χ1) is 22.7. The third-order valence-corrected chi connectivity index (χ3v) is 8.42. The molecule has 2 heterocycles. The Bertz CT molecular complexity index is 2150. The quantitative estimate of drug-likeness (QED) is 0.177. The van der Waals surface area contributed by atoms with Gasteiger partial charge in [-0.15, -0.1) is 20.4 Å². The molecule has 0 bridgehead atoms. The van der Waals surface area contributed by atoms with Gasteiger partial charge in [-0.2, -0.15) is 0 Å². The van der Waals surface area contributed by atoms with E-state index >= 15 is 0 Å². The van der Waals surface area contributed by atoms with Gasteiger partial charge in [0, 0.05) is 22.3 Å². The molecule has 6 heteroatoms. The van der Waals surface area contributed by atoms with E-state index in [0.717, 1.165) is 44.5 Å². The monoisotopic (exact) mass is 616 g/mol. The average Bonchev–Trinajstić information content (AvgIpc) is 3.80. The molecule has 0 saturated carbocycles. The van der Waals surface area contributed by atoms with Gasteiger partial charge in [-0.05, 0) is 99.3 Å². The second-order valence-corrected chi connectivity index (χ2v) is 13.2. The molecule has 2 aromatic heterocycles. The zero-order valence-corrected chi connectivity index (χ0v) is 27.2. The van der Waals surface area contributed by atoms with E-state index in [9.17, 15) is 0 Å². The standard InChI is InChI=1S/C41H36N4O2/c1-26(2)27-15-17-28(18-16-27)37-42-44-39(46-37)34-13-7-11-32(24-34)30-9-6-10-31(23-30)33-12-8-14-35(25-33)40-45-43-38(47-40)29-19-21-36(22-20-29)41(3,4)5/h6-26H,1-5H3. The second kappa shape index (κ2) is 12.3. The number of aromatic nitrogens is 4. The van der Waals surface area contributed by atoms with Gasteiger partial charge < -0.3 is 8.83 Å². The fourth-order valence-corrected chi connectivity index (χ4v) is 5.58. The minimum atomic E-state index is 0.0813. The van der Waals surface area contributed by atoms with Gasteiger partial charge in [0.1, 0.15) is 0 Å². The molecule has 6 nitrogen and oxygen atoms in total. The summed E-state index contributed by atoms with van der Waals surface area (Å²) in [6.07, 6.45) is 0. The Morgan fingerprint density at radius 2 is 0.766 bits per heavy atom. The fraction of sp³-hybridized carbons (Fsp3) is 0.171. The van der Waals surface area contributed by atoms with E-state index in [-0.39, 0.29) is 5.41 Å². The van der Waals surface area contributed by atoms with Crippen molar-refractivity contribution in [3.8, 4) is 68.1 Å². The lowest BCUT2D eigenvalue weighted by molar-refractivity contribution is 0.582. The van der Waals surface area contributed by atoms with Crippen molar-refractivity contribution in [2.75, 3.05) is 0 Å². The minimum absolute atomic E-state index is 0.0813. The number of hydrogen-bond donors (Lipinski definition) is 0. The van der Waals surface area contributed by atoms with Crippen molar-refractivity contribution >= 4 is 0 Å². The lowest BCUT2D eigenvalue weighted by Crippen LogP contribution is -2.10. The van der Waals surface area contributed by atoms with Crippen LogP contribution in [0.4, 0.5) is 0 Å². The summed E-state index contributed by atoms with van der Waals surface area (Å²) >= 11 is 0. The molecule has 0 spiro atoms. The summed E-state index contributed by atoms with van der Waals surface area (Å²) in [6.45, 7) is 11.0. The fourth-order valence-electron chi connectivity index (χ4n) is 5.58. The van der Waals surface area contributed by atoms with Gasteiger partial charge in [-0.25, -0.2) is 0 Å². The molecule has 232 valence electrons. The summed E-state index contributed by atoms with van der Waals surface area (Å²) in [4.78, 5) is 0. The van der Waals surface area contributed by atoms with Gasteiger partial charge in [0.05, 0.1) is 0 Å². The number of benzene rings is 5. The van der Waals surface area contributed by atoms with Crippen LogP contribution in [-0.4, -0.2) is 20.4 Å². The first kappa shape index (κ1) is 30.1. The number of hydrogen-bond acceptors (Lipinski definition) is 6. The highest BCUT2D eigenvalue weighted by molar-refractivity contribution is 5.77. The van der Waals surface area contributed by atoms with Gasteiger partial charge in [0.25, 0.3) is 0 Å². The summed E-state index contributed by atoms with van der Waals surface area (Å²) in [6, 6.07) is 41.5. The lowest BCUT2D eigenvalue weighted by atomic mass is 9.87. The third-order valence-electron chi connectivity index (χ3n) is 8.42. The van der Waals surface area contributed by atoms with Crippen molar-refractivity contribution in [3.63, 3.8) is 0 Å². The number of nitrogens with zero attached hydrogens (tertiary/aromatic N) is 4. The first-order valence-corrected chi connectivity index (χ1v) is 15.9. The van der Waals surface area contributed by atoms with Crippen molar-refractivity contribution in [1.82, 2.24) is 20.4 Å². The number of rotatable bonds is 7. The lowest BCUT2D eigenvalue weighted by Gasteiger charge is -2.18. The van der Waals surface area contributed by atoms with Gasteiger partial charge in [0.15, 0.2) is 0 Å². The topological polar surface area (TPSA) is 77.8 Å². The maximum atomic E-state index is 6.12. The molecule has 7 rings (SSSR count). The van der Waals surface area contributed by atoms with Gasteiger partial charge >= 0.3 is 0 Å². The molecule has 0 atom stereocenters. The van der Waals surface area contributed by atoms with Crippen LogP contribution >= 0.6 is 0 Å². The molecule has 0 aliphatic heterocycles. The molecule has 0 amide bonds. The highest BCUT2D eigenvalue weighted by Crippen LogP contribution is 2.33. The van der Waals surface area contributed by atoms with E-state index in [0.29, 0.717) is 29.5 Å². The molecule has 0 aliphatic rings. The summed E-state index contributed by atoms with van der Waals surface area (Å²) in [5, 5.41) is 17.4. The maximum absolute atomic E-state index is 6.12. The summed E-state index contributed by atoms with van der Waals surface area (Å²) < 4.78 is 12.2. The molecule has 0 unspecified atom stereocenters. The highest BCUT2D eigenvalue weighted by atomic mass is 16.4. The van der Waals surface area contributed by atoms with E-state index in [1.807, 2.05) is 48.5 Å². The van der Waals surface area contributed by atoms with Gasteiger partial charge in [-0.1, -0.05) is 101 Å². The summed E-state index contributed by atoms with van der Waals surface area (Å²) in [5.74, 6) is 2.45. The zero-order chi connectivity index (χ0) is 32.5. The van der Waals surface area contributed by atoms with Gasteiger partial charge in [-0.3, -0.25) is 0 Å². The molecule has 0 fully saturated rings. The summed E-state index contributed by atoms with van der Waals surface area (Å²) in [7, 11) is 0. The summed E-state index contributed by atoms with van der Waals surface area (Å²) in [5.41, 5.74) is 10.4. The Labute approximate surface area is 275 Å². The van der Waals surface area contributed by atoms with E-state index in [1.54, 1.807) is 0 Å². The Morgan fingerprint density at radius 1 is 0.426 bits per heavy atom. The van der Waals surface area contributed by atoms with Crippen LogP contribution in [0.2, 0.25) is 0 Å². The molecule has 0 N–H and O–H groups in total. The Balaban J connectivity index is 1.12. The smallest absolute Gasteiger partial charge is 0.248 e. The van der Waals surface area contributed by atoms with Crippen LogP contribution in [0.25, 0.3) is 68.1 Å². The second-order valence-electron chi connectivity index (χ2n) is 13.2. The van der Waals surface area contributed by atoms with Crippen molar-refractivity contribution in [2.24, 2.45) is 0 Å². The van der Waals surface area contributed by atoms with Crippen LogP contribution in [0.1, 0.15) is 51.7 Å². The van der Waals surface area contributed by atoms with Gasteiger partial charge in [0.2, 0.25) is 23.6 Å². The van der Waals surface area contributed by atoms with Crippen LogP contribution in [0.3, 0.4) is 0 Å². The van der Waals surface area contributed by atoms with Crippen LogP contribution in [0.5, 0.6) is 0 Å². The molecule has 0 saturated heterocycles. The maximum Gasteiger partial charge on any atom is 0.248 e. The van der Waals surface area contributed by atoms with Crippen molar-refractivity contribution in [3.05, 3.63) is 132 Å². The first-order valence-electron chi connectivity index (χ1n) is 15.9. The molecule has 0 aliphatic carbocycles. The minimum Gasteiger partial charge on any atom is -0.416 e. The van der Waals surface area contributed by atoms with E-state index in [2.05, 4.69) is 128 Å². The van der Waals surface area contributed by atoms with Crippen molar-refractivity contribution < 1.29 is 8.83 Å². The SMILES string of the molecule is CC(C)c1ccc(-c2nnc(-c3cccc(-c4cccc(-c5cccc(-c6nnc(-c7ccc(C(C)(C)C)cc7)o6)c5)c4)c3)o2)cc1. The normalized spacial score (nSPS) is 11.7. The van der Waals surface area contributed by atoms with Crippen molar-refractivity contribution in [2.45, 2.75) is 46.0 Å². The predicted molar refractivity (Wildman–Crippen MR) is 188 cm³/mol. The average molecular weight is 617 g/mol. The van der Waals surface area contributed by atoms with Crippen LogP contribution in [0.15, 0.2) is 130 Å². The van der Waals surface area contributed by atoms with Crippen molar-refractivity contribution in [1.29, 1.82) is 0 Å². The predicted octanol–water partition coefficient (Wildman–Crippen LogP) is 10.9. The molecule has 7 aromatic rings. The zero-order valence-electron chi connectivity index (χ0n) is 27.2. The Hall–Kier alpha value is -5.62.